The van der Waals surface area contributed by atoms with Gasteiger partial charge in [0.25, 0.3) is 0 Å². The standard InChI is InChI=1S/C12H16BrNO5S2/c1-9-8-20(16,17)5-4-14(9)21(18,19)12-3-2-10(7-15)6-11(12)13/h2-3,6,9,15H,4-5,7-8H2,1H3. The Labute approximate surface area is 132 Å². The van der Waals surface area contributed by atoms with Crippen LogP contribution in [-0.2, 0) is 26.5 Å². The van der Waals surface area contributed by atoms with Gasteiger partial charge in [-0.2, -0.15) is 4.31 Å². The van der Waals surface area contributed by atoms with Gasteiger partial charge >= 0.3 is 0 Å². The number of aliphatic hydroxyl groups excluding tert-OH is 1. The number of hydrogen-bond acceptors (Lipinski definition) is 5. The van der Waals surface area contributed by atoms with Crippen molar-refractivity contribution >= 4 is 35.8 Å². The van der Waals surface area contributed by atoms with Crippen LogP contribution in [0.3, 0.4) is 0 Å². The van der Waals surface area contributed by atoms with E-state index in [1.54, 1.807) is 6.92 Å². The molecular weight excluding hydrogens is 382 g/mol. The lowest BCUT2D eigenvalue weighted by Crippen LogP contribution is -2.49. The van der Waals surface area contributed by atoms with Crippen molar-refractivity contribution in [1.29, 1.82) is 0 Å². The van der Waals surface area contributed by atoms with Gasteiger partial charge in [0.05, 0.1) is 23.0 Å². The Kier molecular flexibility index (Phi) is 4.79. The lowest BCUT2D eigenvalue weighted by Gasteiger charge is -2.32. The van der Waals surface area contributed by atoms with Crippen LogP contribution in [0.2, 0.25) is 0 Å². The third kappa shape index (κ3) is 3.48. The van der Waals surface area contributed by atoms with Crippen LogP contribution in [0.25, 0.3) is 0 Å². The average Bonchev–Trinajstić information content (AvgIpc) is 2.36. The maximum atomic E-state index is 12.7. The Morgan fingerprint density at radius 2 is 2.10 bits per heavy atom. The highest BCUT2D eigenvalue weighted by Gasteiger charge is 2.37. The average molecular weight is 398 g/mol. The van der Waals surface area contributed by atoms with Crippen molar-refractivity contribution in [1.82, 2.24) is 4.31 Å². The summed E-state index contributed by atoms with van der Waals surface area (Å²) in [6, 6.07) is 3.89. The summed E-state index contributed by atoms with van der Waals surface area (Å²) in [4.78, 5) is 0.0749. The van der Waals surface area contributed by atoms with Gasteiger partial charge in [0.1, 0.15) is 0 Å². The highest BCUT2D eigenvalue weighted by molar-refractivity contribution is 9.10. The van der Waals surface area contributed by atoms with E-state index in [0.717, 1.165) is 0 Å². The molecule has 0 aliphatic carbocycles. The molecule has 0 spiro atoms. The minimum atomic E-state index is -3.78. The summed E-state index contributed by atoms with van der Waals surface area (Å²) in [6.45, 7) is 1.36. The zero-order valence-electron chi connectivity index (χ0n) is 11.4. The molecular formula is C12H16BrNO5S2. The molecule has 1 aliphatic heterocycles. The van der Waals surface area contributed by atoms with Crippen molar-refractivity contribution in [3.8, 4) is 0 Å². The number of benzene rings is 1. The molecule has 2 rings (SSSR count). The van der Waals surface area contributed by atoms with Crippen LogP contribution in [0, 0.1) is 0 Å². The topological polar surface area (TPSA) is 91.8 Å². The van der Waals surface area contributed by atoms with E-state index in [0.29, 0.717) is 10.0 Å². The van der Waals surface area contributed by atoms with E-state index in [4.69, 9.17) is 5.11 Å². The zero-order chi connectivity index (χ0) is 15.8. The Morgan fingerprint density at radius 1 is 1.43 bits per heavy atom. The molecule has 0 amide bonds. The third-order valence-corrected chi connectivity index (χ3v) is 8.16. The largest absolute Gasteiger partial charge is 0.392 e. The van der Waals surface area contributed by atoms with E-state index in [1.165, 1.54) is 22.5 Å². The normalized spacial score (nSPS) is 23.1. The Balaban J connectivity index is 2.39. The van der Waals surface area contributed by atoms with Crippen LogP contribution in [0.15, 0.2) is 27.6 Å². The number of nitrogens with zero attached hydrogens (tertiary/aromatic N) is 1. The molecule has 0 aromatic heterocycles. The van der Waals surface area contributed by atoms with Crippen molar-refractivity contribution in [2.75, 3.05) is 18.1 Å². The van der Waals surface area contributed by atoms with Crippen LogP contribution in [0.1, 0.15) is 12.5 Å². The summed E-state index contributed by atoms with van der Waals surface area (Å²) in [5.41, 5.74) is 0.593. The minimum absolute atomic E-state index is 0.0416. The molecule has 6 nitrogen and oxygen atoms in total. The summed E-state index contributed by atoms with van der Waals surface area (Å²) in [5.74, 6) is -0.332. The first-order valence-corrected chi connectivity index (χ1v) is 10.3. The molecule has 1 aromatic carbocycles. The molecule has 1 unspecified atom stereocenters. The molecule has 0 saturated carbocycles. The number of sulfonamides is 1. The Morgan fingerprint density at radius 3 is 2.62 bits per heavy atom. The molecule has 1 heterocycles. The lowest BCUT2D eigenvalue weighted by atomic mass is 10.2. The van der Waals surface area contributed by atoms with Crippen molar-refractivity contribution < 1.29 is 21.9 Å². The lowest BCUT2D eigenvalue weighted by molar-refractivity contribution is 0.281. The van der Waals surface area contributed by atoms with Crippen LogP contribution in [0.4, 0.5) is 0 Å². The fraction of sp³-hybridized carbons (Fsp3) is 0.500. The summed E-state index contributed by atoms with van der Waals surface area (Å²) >= 11 is 3.20. The van der Waals surface area contributed by atoms with Gasteiger partial charge in [-0.25, -0.2) is 16.8 Å². The predicted molar refractivity (Wildman–Crippen MR) is 82.1 cm³/mol. The Bertz CT molecular complexity index is 745. The fourth-order valence-corrected chi connectivity index (χ4v) is 6.80. The first kappa shape index (κ1) is 16.9. The third-order valence-electron chi connectivity index (χ3n) is 3.37. The van der Waals surface area contributed by atoms with E-state index in [9.17, 15) is 16.8 Å². The van der Waals surface area contributed by atoms with Crippen LogP contribution in [0.5, 0.6) is 0 Å². The van der Waals surface area contributed by atoms with Crippen molar-refractivity contribution in [2.45, 2.75) is 24.5 Å². The van der Waals surface area contributed by atoms with Crippen LogP contribution < -0.4 is 0 Å². The number of aliphatic hydroxyl groups is 1. The second-order valence-electron chi connectivity index (χ2n) is 5.00. The van der Waals surface area contributed by atoms with Crippen molar-refractivity contribution in [2.24, 2.45) is 0 Å². The first-order valence-electron chi connectivity index (χ1n) is 6.29. The van der Waals surface area contributed by atoms with Crippen LogP contribution >= 0.6 is 15.9 Å². The fourth-order valence-electron chi connectivity index (χ4n) is 2.32. The van der Waals surface area contributed by atoms with Gasteiger partial charge in [-0.3, -0.25) is 0 Å². The second-order valence-corrected chi connectivity index (χ2v) is 9.94. The minimum Gasteiger partial charge on any atom is -0.392 e. The second kappa shape index (κ2) is 5.96. The van der Waals surface area contributed by atoms with E-state index in [2.05, 4.69) is 15.9 Å². The summed E-state index contributed by atoms with van der Waals surface area (Å²) < 4.78 is 50.0. The quantitative estimate of drug-likeness (QED) is 0.812. The summed E-state index contributed by atoms with van der Waals surface area (Å²) in [5, 5.41) is 9.06. The maximum absolute atomic E-state index is 12.7. The molecule has 0 radical (unpaired) electrons. The zero-order valence-corrected chi connectivity index (χ0v) is 14.6. The highest BCUT2D eigenvalue weighted by atomic mass is 79.9. The molecule has 21 heavy (non-hydrogen) atoms. The molecule has 1 fully saturated rings. The molecule has 1 atom stereocenters. The smallest absolute Gasteiger partial charge is 0.244 e. The summed E-state index contributed by atoms with van der Waals surface area (Å²) in [7, 11) is -6.96. The van der Waals surface area contributed by atoms with Gasteiger partial charge in [0.15, 0.2) is 9.84 Å². The molecule has 1 N–H and O–H groups in total. The van der Waals surface area contributed by atoms with Gasteiger partial charge in [0, 0.05) is 17.1 Å². The van der Waals surface area contributed by atoms with Gasteiger partial charge in [-0.1, -0.05) is 6.07 Å². The SMILES string of the molecule is CC1CS(=O)(=O)CCN1S(=O)(=O)c1ccc(CO)cc1Br. The molecule has 1 saturated heterocycles. The number of halogens is 1. The van der Waals surface area contributed by atoms with Gasteiger partial charge < -0.3 is 5.11 Å². The number of hydrogen-bond donors (Lipinski definition) is 1. The van der Waals surface area contributed by atoms with Crippen molar-refractivity contribution in [3.05, 3.63) is 28.2 Å². The van der Waals surface area contributed by atoms with E-state index in [1.807, 2.05) is 0 Å². The van der Waals surface area contributed by atoms with Gasteiger partial charge in [-0.15, -0.1) is 0 Å². The number of sulfone groups is 1. The van der Waals surface area contributed by atoms with E-state index in [-0.39, 0.29) is 29.6 Å². The molecule has 0 bridgehead atoms. The predicted octanol–water partition coefficient (Wildman–Crippen LogP) is 0.749. The summed E-state index contributed by atoms with van der Waals surface area (Å²) in [6.07, 6.45) is 0. The molecule has 9 heteroatoms. The van der Waals surface area contributed by atoms with Gasteiger partial charge in [-0.05, 0) is 40.5 Å². The maximum Gasteiger partial charge on any atom is 0.244 e. The van der Waals surface area contributed by atoms with E-state index >= 15 is 0 Å². The number of rotatable bonds is 3. The van der Waals surface area contributed by atoms with E-state index < -0.39 is 25.9 Å². The monoisotopic (exact) mass is 397 g/mol. The van der Waals surface area contributed by atoms with Crippen LogP contribution in [-0.4, -0.2) is 50.3 Å². The molecule has 1 aromatic rings. The van der Waals surface area contributed by atoms with Crippen molar-refractivity contribution in [3.63, 3.8) is 0 Å². The Hall–Kier alpha value is -0.480. The highest BCUT2D eigenvalue weighted by Crippen LogP contribution is 2.29. The first-order chi connectivity index (χ1) is 9.67. The molecule has 118 valence electrons. The van der Waals surface area contributed by atoms with Gasteiger partial charge in [0.2, 0.25) is 10.0 Å². The molecule has 1 aliphatic rings.